The fourth-order valence-electron chi connectivity index (χ4n) is 4.94. The van der Waals surface area contributed by atoms with Crippen LogP contribution in [0.25, 0.3) is 0 Å². The van der Waals surface area contributed by atoms with E-state index < -0.39 is 18.4 Å². The first-order valence-electron chi connectivity index (χ1n) is 11.0. The molecule has 2 saturated heterocycles. The Morgan fingerprint density at radius 2 is 1.78 bits per heavy atom. The third-order valence-corrected chi connectivity index (χ3v) is 6.51. The van der Waals surface area contributed by atoms with Crippen molar-refractivity contribution in [3.05, 3.63) is 30.6 Å². The Balaban J connectivity index is 1.46. The molecule has 11 heteroatoms. The molecule has 2 bridgehead atoms. The minimum atomic E-state index is -4.21. The van der Waals surface area contributed by atoms with Crippen LogP contribution in [0.1, 0.15) is 25.7 Å². The van der Waals surface area contributed by atoms with E-state index in [0.717, 1.165) is 31.6 Å². The zero-order valence-corrected chi connectivity index (χ0v) is 17.5. The molecule has 3 aliphatic rings. The highest BCUT2D eigenvalue weighted by Crippen LogP contribution is 2.41. The highest BCUT2D eigenvalue weighted by atomic mass is 19.4. The van der Waals surface area contributed by atoms with Crippen molar-refractivity contribution >= 4 is 23.3 Å². The molecule has 2 N–H and O–H groups in total. The fraction of sp³-hybridized carbons (Fsp3) is 0.571. The molecule has 3 aliphatic heterocycles. The predicted molar refractivity (Wildman–Crippen MR) is 115 cm³/mol. The average Bonchev–Trinajstić information content (AvgIpc) is 2.79. The van der Waals surface area contributed by atoms with Crippen LogP contribution in [0.2, 0.25) is 0 Å². The predicted octanol–water partition coefficient (Wildman–Crippen LogP) is 2.83. The summed E-state index contributed by atoms with van der Waals surface area (Å²) >= 11 is 0. The molecule has 172 valence electrons. The summed E-state index contributed by atoms with van der Waals surface area (Å²) in [4.78, 5) is 18.8. The zero-order valence-electron chi connectivity index (χ0n) is 17.5. The number of nitrogens with zero attached hydrogens (tertiary/aromatic N) is 6. The summed E-state index contributed by atoms with van der Waals surface area (Å²) in [5.41, 5.74) is 0.879. The molecule has 0 saturated carbocycles. The molecule has 32 heavy (non-hydrogen) atoms. The molecule has 2 aromatic rings. The molecule has 2 fully saturated rings. The highest BCUT2D eigenvalue weighted by molar-refractivity contribution is 5.73. The average molecular weight is 449 g/mol. The maximum atomic E-state index is 13.3. The van der Waals surface area contributed by atoms with Gasteiger partial charge in [0.2, 0.25) is 12.3 Å². The van der Waals surface area contributed by atoms with Crippen molar-refractivity contribution in [3.8, 4) is 0 Å². The van der Waals surface area contributed by atoms with Crippen LogP contribution in [0.3, 0.4) is 0 Å². The largest absolute Gasteiger partial charge is 0.393 e. The lowest BCUT2D eigenvalue weighted by Gasteiger charge is -2.48. The van der Waals surface area contributed by atoms with Crippen LogP contribution in [0.4, 0.5) is 36.4 Å². The lowest BCUT2D eigenvalue weighted by molar-refractivity contribution is -0.176. The van der Waals surface area contributed by atoms with Gasteiger partial charge in [0.25, 0.3) is 0 Å². The summed E-state index contributed by atoms with van der Waals surface area (Å²) in [7, 11) is 0. The second-order valence-electron chi connectivity index (χ2n) is 8.58. The fourth-order valence-corrected chi connectivity index (χ4v) is 4.94. The summed E-state index contributed by atoms with van der Waals surface area (Å²) in [6.45, 7) is 2.08. The highest BCUT2D eigenvalue weighted by Gasteiger charge is 2.43. The number of hydrogen-bond acceptors (Lipinski definition) is 8. The van der Waals surface area contributed by atoms with E-state index in [4.69, 9.17) is 4.98 Å². The first-order valence-corrected chi connectivity index (χ1v) is 11.0. The van der Waals surface area contributed by atoms with Crippen LogP contribution >= 0.6 is 0 Å². The summed E-state index contributed by atoms with van der Waals surface area (Å²) < 4.78 is 40.0. The number of aromatic nitrogens is 3. The van der Waals surface area contributed by atoms with Gasteiger partial charge in [-0.05, 0) is 43.9 Å². The number of nitrogens with one attached hydrogen (secondary N) is 1. The number of pyridine rings is 1. The van der Waals surface area contributed by atoms with Gasteiger partial charge in [0.05, 0.1) is 17.6 Å². The second-order valence-corrected chi connectivity index (χ2v) is 8.58. The number of fused-ring (bicyclic) bond motifs is 4. The Morgan fingerprint density at radius 1 is 1.03 bits per heavy atom. The van der Waals surface area contributed by atoms with E-state index >= 15 is 0 Å². The Kier molecular flexibility index (Phi) is 5.44. The molecule has 0 amide bonds. The maximum absolute atomic E-state index is 13.3. The van der Waals surface area contributed by atoms with E-state index in [-0.39, 0.29) is 19.0 Å². The van der Waals surface area contributed by atoms with Gasteiger partial charge in [0.1, 0.15) is 5.82 Å². The zero-order chi connectivity index (χ0) is 22.3. The normalized spacial score (nSPS) is 24.2. The topological polar surface area (TPSA) is 80.6 Å². The van der Waals surface area contributed by atoms with Crippen LogP contribution in [-0.2, 0) is 0 Å². The van der Waals surface area contributed by atoms with Crippen molar-refractivity contribution in [2.24, 2.45) is 5.92 Å². The summed E-state index contributed by atoms with van der Waals surface area (Å²) in [5.74, 6) is 0.0198. The van der Waals surface area contributed by atoms with Gasteiger partial charge in [-0.15, -0.1) is 0 Å². The maximum Gasteiger partial charge on any atom is 0.393 e. The Morgan fingerprint density at radius 3 is 2.56 bits per heavy atom. The number of aliphatic hydroxyl groups is 1. The molecule has 2 aromatic heterocycles. The lowest BCUT2D eigenvalue weighted by atomic mass is 9.97. The number of halogens is 3. The number of hydrogen-bond donors (Lipinski definition) is 2. The molecule has 5 rings (SSSR count). The van der Waals surface area contributed by atoms with E-state index in [1.807, 2.05) is 11.0 Å². The number of aliphatic hydroxyl groups excluding tert-OH is 1. The van der Waals surface area contributed by atoms with E-state index in [2.05, 4.69) is 20.2 Å². The van der Waals surface area contributed by atoms with E-state index in [9.17, 15) is 18.3 Å². The second kappa shape index (κ2) is 8.27. The molecule has 3 atom stereocenters. The minimum absolute atomic E-state index is 0.0227. The van der Waals surface area contributed by atoms with Crippen molar-refractivity contribution in [2.45, 2.75) is 44.3 Å². The molecular formula is C21H26F3N7O. The smallest absolute Gasteiger partial charge is 0.366 e. The van der Waals surface area contributed by atoms with Crippen LogP contribution in [0, 0.1) is 5.92 Å². The van der Waals surface area contributed by atoms with E-state index in [0.29, 0.717) is 30.5 Å². The minimum Gasteiger partial charge on any atom is -0.366 e. The number of anilines is 4. The summed E-state index contributed by atoms with van der Waals surface area (Å²) in [6.07, 6.45) is 0.317. The van der Waals surface area contributed by atoms with Gasteiger partial charge in [-0.1, -0.05) is 0 Å². The molecule has 8 nitrogen and oxygen atoms in total. The molecule has 0 aromatic carbocycles. The van der Waals surface area contributed by atoms with Gasteiger partial charge >= 0.3 is 6.18 Å². The Hall–Kier alpha value is -2.82. The number of rotatable bonds is 4. The van der Waals surface area contributed by atoms with Crippen molar-refractivity contribution in [2.75, 3.05) is 46.2 Å². The van der Waals surface area contributed by atoms with Gasteiger partial charge in [0.15, 0.2) is 5.82 Å². The Bertz CT molecular complexity index is 945. The van der Waals surface area contributed by atoms with Gasteiger partial charge in [-0.3, -0.25) is 0 Å². The van der Waals surface area contributed by atoms with Crippen molar-refractivity contribution in [3.63, 3.8) is 0 Å². The molecule has 0 spiro atoms. The molecule has 0 aliphatic carbocycles. The summed E-state index contributed by atoms with van der Waals surface area (Å²) in [6, 6.07) is 5.42. The van der Waals surface area contributed by atoms with E-state index in [1.54, 1.807) is 29.4 Å². The first kappa shape index (κ1) is 21.0. The van der Waals surface area contributed by atoms with Crippen LogP contribution in [-0.4, -0.2) is 64.8 Å². The van der Waals surface area contributed by atoms with Gasteiger partial charge in [0, 0.05) is 38.6 Å². The first-order chi connectivity index (χ1) is 15.4. The van der Waals surface area contributed by atoms with Crippen molar-refractivity contribution in [1.29, 1.82) is 0 Å². The van der Waals surface area contributed by atoms with Gasteiger partial charge in [-0.25, -0.2) is 15.0 Å². The Labute approximate surface area is 184 Å². The van der Waals surface area contributed by atoms with Crippen LogP contribution in [0.15, 0.2) is 30.6 Å². The molecule has 2 unspecified atom stereocenters. The van der Waals surface area contributed by atoms with Crippen molar-refractivity contribution in [1.82, 2.24) is 15.0 Å². The third kappa shape index (κ3) is 4.01. The molecule has 5 heterocycles. The van der Waals surface area contributed by atoms with Crippen molar-refractivity contribution < 1.29 is 18.3 Å². The monoisotopic (exact) mass is 449 g/mol. The standard InChI is InChI=1S/C21H26F3N7O/c22-21(23,24)14-4-1-11-30(12-14)17-7-6-16-18(27-17)31(15-5-2-10-29(16)13-15)20(32)28-19-25-8-3-9-26-19/h3,6-9,14-15,20,32H,1-2,4-5,10-13H2,(H,25,26,28)/t14?,15-,20?/m0/s1. The quantitative estimate of drug-likeness (QED) is 0.690. The molecule has 0 radical (unpaired) electrons. The van der Waals surface area contributed by atoms with Crippen LogP contribution < -0.4 is 20.0 Å². The third-order valence-electron chi connectivity index (χ3n) is 6.51. The lowest BCUT2D eigenvalue weighted by Crippen LogP contribution is -2.58. The number of alkyl halides is 3. The number of piperidine rings is 2. The molecular weight excluding hydrogens is 423 g/mol. The SMILES string of the molecule is OC(Nc1ncccn1)N1c2nc(N3CCCC(C(F)(F)F)C3)ccc2N2CCC[C@H]1C2. The van der Waals surface area contributed by atoms with Crippen LogP contribution in [0.5, 0.6) is 0 Å². The van der Waals surface area contributed by atoms with E-state index in [1.165, 1.54) is 0 Å². The summed E-state index contributed by atoms with van der Waals surface area (Å²) in [5, 5.41) is 14.0. The van der Waals surface area contributed by atoms with Gasteiger partial charge < -0.3 is 25.1 Å². The van der Waals surface area contributed by atoms with Gasteiger partial charge in [-0.2, -0.15) is 13.2 Å².